The maximum Gasteiger partial charge on any atom is 0.334 e. The molecule has 4 heteroatoms. The van der Waals surface area contributed by atoms with Crippen molar-refractivity contribution in [2.75, 3.05) is 6.61 Å². The van der Waals surface area contributed by atoms with Crippen molar-refractivity contribution in [1.29, 1.82) is 0 Å². The molecule has 0 spiro atoms. The second-order valence-corrected chi connectivity index (χ2v) is 9.34. The molecule has 24 heavy (non-hydrogen) atoms. The predicted octanol–water partition coefficient (Wildman–Crippen LogP) is 3.24. The van der Waals surface area contributed by atoms with Crippen molar-refractivity contribution in [3.63, 3.8) is 0 Å². The zero-order valence-electron chi connectivity index (χ0n) is 15.0. The van der Waals surface area contributed by atoms with E-state index in [0.717, 1.165) is 24.8 Å². The molecule has 4 nitrogen and oxygen atoms in total. The normalized spacial score (nSPS) is 43.9. The molecule has 4 rings (SSSR count). The molecule has 1 aliphatic heterocycles. The van der Waals surface area contributed by atoms with E-state index in [2.05, 4.69) is 20.8 Å². The minimum Gasteiger partial charge on any atom is -0.458 e. The van der Waals surface area contributed by atoms with Gasteiger partial charge in [0.25, 0.3) is 0 Å². The summed E-state index contributed by atoms with van der Waals surface area (Å²) in [7, 11) is 0. The monoisotopic (exact) mass is 330 g/mol. The SMILES string of the molecule is CC1(C)CCC[C@@]2(C)[C@H]1CC(=O)[C@@]1(C)C3=C(CC(=O)[C@@H]12)C(=O)OC3. The second-order valence-electron chi connectivity index (χ2n) is 9.34. The van der Waals surface area contributed by atoms with Crippen LogP contribution in [0.25, 0.3) is 0 Å². The van der Waals surface area contributed by atoms with Gasteiger partial charge in [0.05, 0.1) is 5.41 Å². The molecule has 0 aromatic carbocycles. The van der Waals surface area contributed by atoms with Crippen LogP contribution < -0.4 is 0 Å². The van der Waals surface area contributed by atoms with E-state index >= 15 is 0 Å². The quantitative estimate of drug-likeness (QED) is 0.640. The molecule has 0 bridgehead atoms. The Bertz CT molecular complexity index is 700. The number of rotatable bonds is 0. The smallest absolute Gasteiger partial charge is 0.334 e. The highest BCUT2D eigenvalue weighted by Gasteiger charge is 2.67. The molecular weight excluding hydrogens is 304 g/mol. The molecule has 0 saturated heterocycles. The summed E-state index contributed by atoms with van der Waals surface area (Å²) in [6.07, 6.45) is 3.83. The lowest BCUT2D eigenvalue weighted by atomic mass is 9.40. The van der Waals surface area contributed by atoms with Gasteiger partial charge in [0, 0.05) is 24.3 Å². The van der Waals surface area contributed by atoms with Crippen molar-refractivity contribution in [2.45, 2.75) is 59.8 Å². The molecule has 2 fully saturated rings. The summed E-state index contributed by atoms with van der Waals surface area (Å²) in [4.78, 5) is 38.4. The summed E-state index contributed by atoms with van der Waals surface area (Å²) >= 11 is 0. The van der Waals surface area contributed by atoms with Gasteiger partial charge in [-0.25, -0.2) is 4.79 Å². The van der Waals surface area contributed by atoms with Crippen LogP contribution in [-0.2, 0) is 19.1 Å². The summed E-state index contributed by atoms with van der Waals surface area (Å²) in [5.41, 5.74) is 0.302. The first-order valence-electron chi connectivity index (χ1n) is 9.08. The van der Waals surface area contributed by atoms with Gasteiger partial charge in [-0.1, -0.05) is 27.2 Å². The van der Waals surface area contributed by atoms with Crippen LogP contribution in [0.1, 0.15) is 59.8 Å². The lowest BCUT2D eigenvalue weighted by molar-refractivity contribution is -0.168. The zero-order valence-corrected chi connectivity index (χ0v) is 15.0. The first-order chi connectivity index (χ1) is 11.1. The van der Waals surface area contributed by atoms with Crippen LogP contribution >= 0.6 is 0 Å². The Kier molecular flexibility index (Phi) is 3.06. The number of cyclic esters (lactones) is 1. The van der Waals surface area contributed by atoms with E-state index < -0.39 is 11.4 Å². The average Bonchev–Trinajstić information content (AvgIpc) is 2.83. The third-order valence-corrected chi connectivity index (χ3v) is 7.74. The molecule has 0 radical (unpaired) electrons. The van der Waals surface area contributed by atoms with Crippen molar-refractivity contribution >= 4 is 17.5 Å². The molecular formula is C20H26O4. The van der Waals surface area contributed by atoms with Crippen molar-refractivity contribution in [3.8, 4) is 0 Å². The van der Waals surface area contributed by atoms with Gasteiger partial charge in [-0.2, -0.15) is 0 Å². The van der Waals surface area contributed by atoms with Gasteiger partial charge in [-0.3, -0.25) is 9.59 Å². The average molecular weight is 330 g/mol. The fourth-order valence-corrected chi connectivity index (χ4v) is 6.62. The van der Waals surface area contributed by atoms with Crippen LogP contribution in [0.15, 0.2) is 11.1 Å². The van der Waals surface area contributed by atoms with Gasteiger partial charge in [-0.15, -0.1) is 0 Å². The molecule has 0 aromatic rings. The Balaban J connectivity index is 1.91. The number of ketones is 2. The molecule has 0 unspecified atom stereocenters. The number of fused-ring (bicyclic) bond motifs is 4. The number of esters is 1. The second kappa shape index (κ2) is 4.59. The lowest BCUT2D eigenvalue weighted by Gasteiger charge is -2.62. The van der Waals surface area contributed by atoms with Crippen molar-refractivity contribution < 1.29 is 19.1 Å². The number of hydrogen-bond donors (Lipinski definition) is 0. The number of hydrogen-bond acceptors (Lipinski definition) is 4. The third kappa shape index (κ3) is 1.72. The van der Waals surface area contributed by atoms with E-state index in [9.17, 15) is 14.4 Å². The Morgan fingerprint density at radius 1 is 1.04 bits per heavy atom. The van der Waals surface area contributed by atoms with Gasteiger partial charge in [0.2, 0.25) is 0 Å². The fourth-order valence-electron chi connectivity index (χ4n) is 6.62. The summed E-state index contributed by atoms with van der Waals surface area (Å²) in [6, 6.07) is 0. The standard InChI is InChI=1S/C20H26O4/c1-18(2)6-5-7-19(3)14(18)9-15(22)20(4)12-10-24-17(23)11(12)8-13(21)16(19)20/h14,16H,5-10H2,1-4H3/t14-,16+,19-,20+/m0/s1. The van der Waals surface area contributed by atoms with Crippen molar-refractivity contribution in [3.05, 3.63) is 11.1 Å². The van der Waals surface area contributed by atoms with Crippen molar-refractivity contribution in [2.24, 2.45) is 28.1 Å². The summed E-state index contributed by atoms with van der Waals surface area (Å²) in [5.74, 6) is -0.295. The molecule has 0 N–H and O–H groups in total. The topological polar surface area (TPSA) is 60.4 Å². The van der Waals surface area contributed by atoms with Gasteiger partial charge in [-0.05, 0) is 42.1 Å². The first-order valence-corrected chi connectivity index (χ1v) is 9.08. The Hall–Kier alpha value is -1.45. The molecule has 0 aromatic heterocycles. The highest BCUT2D eigenvalue weighted by molar-refractivity contribution is 6.07. The third-order valence-electron chi connectivity index (χ3n) is 7.74. The van der Waals surface area contributed by atoms with Gasteiger partial charge < -0.3 is 4.74 Å². The highest BCUT2D eigenvalue weighted by atomic mass is 16.5. The largest absolute Gasteiger partial charge is 0.458 e. The number of carbonyl (C=O) groups excluding carboxylic acids is 3. The van der Waals surface area contributed by atoms with E-state index in [0.29, 0.717) is 12.0 Å². The molecule has 1 heterocycles. The van der Waals surface area contributed by atoms with E-state index in [1.165, 1.54) is 0 Å². The lowest BCUT2D eigenvalue weighted by Crippen LogP contribution is -2.62. The summed E-state index contributed by atoms with van der Waals surface area (Å²) in [6.45, 7) is 8.78. The molecule has 3 aliphatic carbocycles. The highest BCUT2D eigenvalue weighted by Crippen LogP contribution is 2.66. The Morgan fingerprint density at radius 2 is 1.75 bits per heavy atom. The van der Waals surface area contributed by atoms with Gasteiger partial charge in [0.1, 0.15) is 18.2 Å². The predicted molar refractivity (Wildman–Crippen MR) is 88.1 cm³/mol. The summed E-state index contributed by atoms with van der Waals surface area (Å²) < 4.78 is 5.20. The number of carbonyl (C=O) groups is 3. The number of ether oxygens (including phenoxy) is 1. The molecule has 0 amide bonds. The van der Waals surface area contributed by atoms with Crippen LogP contribution in [0, 0.1) is 28.1 Å². The minimum absolute atomic E-state index is 0.0633. The molecule has 4 aliphatic rings. The van der Waals surface area contributed by atoms with Crippen molar-refractivity contribution in [1.82, 2.24) is 0 Å². The minimum atomic E-state index is -0.852. The maximum absolute atomic E-state index is 13.3. The molecule has 2 saturated carbocycles. The van der Waals surface area contributed by atoms with E-state index in [4.69, 9.17) is 4.74 Å². The van der Waals surface area contributed by atoms with Crippen LogP contribution in [0.5, 0.6) is 0 Å². The molecule has 4 atom stereocenters. The van der Waals surface area contributed by atoms with E-state index in [1.807, 2.05) is 6.92 Å². The maximum atomic E-state index is 13.3. The first kappa shape index (κ1) is 16.0. The zero-order chi connectivity index (χ0) is 17.5. The Labute approximate surface area is 143 Å². The van der Waals surface area contributed by atoms with Crippen LogP contribution in [0.2, 0.25) is 0 Å². The fraction of sp³-hybridized carbons (Fsp3) is 0.750. The number of Topliss-reactive ketones (excluding diaryl/α,β-unsaturated/α-hetero) is 2. The van der Waals surface area contributed by atoms with Crippen LogP contribution in [-0.4, -0.2) is 24.1 Å². The Morgan fingerprint density at radius 3 is 2.46 bits per heavy atom. The summed E-state index contributed by atoms with van der Waals surface area (Å²) in [5, 5.41) is 0. The van der Waals surface area contributed by atoms with Gasteiger partial charge in [0.15, 0.2) is 0 Å². The van der Waals surface area contributed by atoms with Crippen LogP contribution in [0.4, 0.5) is 0 Å². The van der Waals surface area contributed by atoms with E-state index in [-0.39, 0.29) is 47.3 Å². The van der Waals surface area contributed by atoms with Crippen LogP contribution in [0.3, 0.4) is 0 Å². The molecule has 130 valence electrons. The van der Waals surface area contributed by atoms with E-state index in [1.54, 1.807) is 0 Å². The van der Waals surface area contributed by atoms with Gasteiger partial charge >= 0.3 is 5.97 Å².